The highest BCUT2D eigenvalue weighted by atomic mass is 35.5. The average Bonchev–Trinajstić information content (AvgIpc) is 2.67. The number of thioether (sulfide) groups is 1. The topological polar surface area (TPSA) is 60.4 Å². The van der Waals surface area contributed by atoms with E-state index in [9.17, 15) is 19.1 Å². The van der Waals surface area contributed by atoms with Crippen LogP contribution in [0.2, 0.25) is 5.02 Å². The number of amides is 1. The van der Waals surface area contributed by atoms with Gasteiger partial charge in [-0.3, -0.25) is 9.69 Å². The lowest BCUT2D eigenvalue weighted by Crippen LogP contribution is -2.33. The Morgan fingerprint density at radius 2 is 2.24 bits per heavy atom. The maximum Gasteiger partial charge on any atom is 0.266 e. The molecule has 0 radical (unpaired) electrons. The first-order valence-electron chi connectivity index (χ1n) is 5.79. The molecule has 110 valence electrons. The average molecular weight is 345 g/mol. The van der Waals surface area contributed by atoms with E-state index in [1.54, 1.807) is 0 Å². The van der Waals surface area contributed by atoms with Gasteiger partial charge in [-0.2, -0.15) is 0 Å². The third-order valence-corrected chi connectivity index (χ3v) is 4.40. The number of aliphatic carboxylic acids is 1. The molecule has 1 saturated heterocycles. The molecule has 0 aromatic heterocycles. The first-order chi connectivity index (χ1) is 9.90. The van der Waals surface area contributed by atoms with E-state index in [4.69, 9.17) is 23.8 Å². The second kappa shape index (κ2) is 6.55. The van der Waals surface area contributed by atoms with Gasteiger partial charge in [0.15, 0.2) is 0 Å². The standard InChI is InChI=1S/C13H9ClFNO3S2/c14-8-2-1-3-9(15)7(8)6-10-12(19)16(13(20)21-10)5-4-11(17)18/h1-3,6H,4-5H2,(H,17,18)/p-1/b10-6+. The summed E-state index contributed by atoms with van der Waals surface area (Å²) in [6, 6.07) is 4.20. The van der Waals surface area contributed by atoms with E-state index in [1.807, 2.05) is 0 Å². The Labute approximate surface area is 134 Å². The Hall–Kier alpha value is -1.44. The molecular weight excluding hydrogens is 337 g/mol. The molecule has 8 heteroatoms. The molecule has 0 N–H and O–H groups in total. The number of thiocarbonyl (C=S) groups is 1. The van der Waals surface area contributed by atoms with Crippen LogP contribution in [-0.4, -0.2) is 27.6 Å². The van der Waals surface area contributed by atoms with E-state index in [0.29, 0.717) is 0 Å². The summed E-state index contributed by atoms with van der Waals surface area (Å²) >= 11 is 11.9. The Balaban J connectivity index is 2.26. The normalized spacial score (nSPS) is 16.9. The number of hydrogen-bond acceptors (Lipinski definition) is 5. The number of nitrogens with zero attached hydrogens (tertiary/aromatic N) is 1. The number of hydrogen-bond donors (Lipinski definition) is 0. The highest BCUT2D eigenvalue weighted by Crippen LogP contribution is 2.34. The molecule has 1 aliphatic heterocycles. The molecule has 4 nitrogen and oxygen atoms in total. The van der Waals surface area contributed by atoms with Gasteiger partial charge >= 0.3 is 0 Å². The molecule has 0 spiro atoms. The first-order valence-corrected chi connectivity index (χ1v) is 7.39. The van der Waals surface area contributed by atoms with Crippen LogP contribution in [0.4, 0.5) is 4.39 Å². The lowest BCUT2D eigenvalue weighted by molar-refractivity contribution is -0.305. The smallest absolute Gasteiger partial charge is 0.266 e. The molecule has 21 heavy (non-hydrogen) atoms. The minimum Gasteiger partial charge on any atom is -0.550 e. The zero-order valence-corrected chi connectivity index (χ0v) is 12.9. The second-order valence-electron chi connectivity index (χ2n) is 4.09. The summed E-state index contributed by atoms with van der Waals surface area (Å²) in [4.78, 5) is 23.9. The van der Waals surface area contributed by atoms with Gasteiger partial charge in [-0.05, 0) is 18.2 Å². The fraction of sp³-hybridized carbons (Fsp3) is 0.154. The van der Waals surface area contributed by atoms with Crippen molar-refractivity contribution in [2.24, 2.45) is 0 Å². The minimum atomic E-state index is -1.27. The van der Waals surface area contributed by atoms with Gasteiger partial charge in [0.2, 0.25) is 0 Å². The zero-order valence-electron chi connectivity index (χ0n) is 10.5. The molecule has 2 rings (SSSR count). The zero-order chi connectivity index (χ0) is 15.6. The molecule has 0 aliphatic carbocycles. The van der Waals surface area contributed by atoms with E-state index in [2.05, 4.69) is 0 Å². The van der Waals surface area contributed by atoms with Crippen molar-refractivity contribution in [1.29, 1.82) is 0 Å². The molecule has 1 aliphatic rings. The van der Waals surface area contributed by atoms with Crippen LogP contribution in [0.15, 0.2) is 23.1 Å². The van der Waals surface area contributed by atoms with Gasteiger partial charge in [0.05, 0.1) is 9.93 Å². The van der Waals surface area contributed by atoms with Gasteiger partial charge in [0, 0.05) is 24.5 Å². The molecule has 1 amide bonds. The lowest BCUT2D eigenvalue weighted by Gasteiger charge is -2.14. The molecule has 1 fully saturated rings. The number of rotatable bonds is 4. The number of carboxylic acid groups (broad SMARTS) is 1. The second-order valence-corrected chi connectivity index (χ2v) is 6.17. The number of carbonyl (C=O) groups excluding carboxylic acids is 2. The van der Waals surface area contributed by atoms with Crippen LogP contribution in [0.5, 0.6) is 0 Å². The number of carboxylic acids is 1. The number of halogens is 2. The molecular formula is C13H8ClFNO3S2-. The molecule has 0 saturated carbocycles. The van der Waals surface area contributed by atoms with Crippen molar-refractivity contribution >= 4 is 57.9 Å². The SMILES string of the molecule is O=C([O-])CCN1C(=O)/C(=C\c2c(F)cccc2Cl)SC1=S. The van der Waals surface area contributed by atoms with Crippen molar-refractivity contribution in [3.05, 3.63) is 39.5 Å². The Bertz CT molecular complexity index is 643. The van der Waals surface area contributed by atoms with Crippen LogP contribution in [0.25, 0.3) is 6.08 Å². The molecule has 0 atom stereocenters. The van der Waals surface area contributed by atoms with Gasteiger partial charge in [0.1, 0.15) is 10.1 Å². The largest absolute Gasteiger partial charge is 0.550 e. The van der Waals surface area contributed by atoms with Crippen molar-refractivity contribution in [2.45, 2.75) is 6.42 Å². The monoisotopic (exact) mass is 344 g/mol. The van der Waals surface area contributed by atoms with Crippen molar-refractivity contribution < 1.29 is 19.1 Å². The molecule has 1 aromatic carbocycles. The molecule has 0 unspecified atom stereocenters. The highest BCUT2D eigenvalue weighted by molar-refractivity contribution is 8.26. The van der Waals surface area contributed by atoms with E-state index >= 15 is 0 Å². The van der Waals surface area contributed by atoms with E-state index < -0.39 is 17.7 Å². The van der Waals surface area contributed by atoms with Crippen LogP contribution in [0, 0.1) is 5.82 Å². The minimum absolute atomic E-state index is 0.0741. The summed E-state index contributed by atoms with van der Waals surface area (Å²) in [7, 11) is 0. The number of benzene rings is 1. The van der Waals surface area contributed by atoms with Crippen LogP contribution in [0.1, 0.15) is 12.0 Å². The van der Waals surface area contributed by atoms with Gasteiger partial charge in [-0.15, -0.1) is 0 Å². The maximum absolute atomic E-state index is 13.7. The third-order valence-electron chi connectivity index (χ3n) is 2.69. The Kier molecular flexibility index (Phi) is 4.97. The summed E-state index contributed by atoms with van der Waals surface area (Å²) in [6.45, 7) is -0.0741. The third kappa shape index (κ3) is 3.61. The quantitative estimate of drug-likeness (QED) is 0.616. The van der Waals surface area contributed by atoms with Gasteiger partial charge in [-0.25, -0.2) is 4.39 Å². The lowest BCUT2D eigenvalue weighted by atomic mass is 10.2. The van der Waals surface area contributed by atoms with E-state index in [-0.39, 0.29) is 32.8 Å². The Morgan fingerprint density at radius 1 is 1.52 bits per heavy atom. The predicted octanol–water partition coefficient (Wildman–Crippen LogP) is 1.82. The van der Waals surface area contributed by atoms with Crippen molar-refractivity contribution in [3.63, 3.8) is 0 Å². The molecule has 0 bridgehead atoms. The van der Waals surface area contributed by atoms with Crippen molar-refractivity contribution in [2.75, 3.05) is 6.54 Å². The van der Waals surface area contributed by atoms with Crippen LogP contribution in [-0.2, 0) is 9.59 Å². The summed E-state index contributed by atoms with van der Waals surface area (Å²) in [5, 5.41) is 10.6. The molecule has 1 heterocycles. The maximum atomic E-state index is 13.7. The van der Waals surface area contributed by atoms with Crippen LogP contribution in [0.3, 0.4) is 0 Å². The van der Waals surface area contributed by atoms with E-state index in [0.717, 1.165) is 16.7 Å². The number of carbonyl (C=O) groups is 2. The summed E-state index contributed by atoms with van der Waals surface area (Å²) < 4.78 is 13.9. The first kappa shape index (κ1) is 15.9. The predicted molar refractivity (Wildman–Crippen MR) is 80.9 cm³/mol. The molecule has 1 aromatic rings. The van der Waals surface area contributed by atoms with Crippen molar-refractivity contribution in [3.8, 4) is 0 Å². The Morgan fingerprint density at radius 3 is 2.86 bits per heavy atom. The van der Waals surface area contributed by atoms with Gasteiger partial charge in [0.25, 0.3) is 5.91 Å². The highest BCUT2D eigenvalue weighted by Gasteiger charge is 2.31. The van der Waals surface area contributed by atoms with Gasteiger partial charge in [-0.1, -0.05) is 41.6 Å². The summed E-state index contributed by atoms with van der Waals surface area (Å²) in [6.07, 6.45) is 0.996. The van der Waals surface area contributed by atoms with Crippen molar-refractivity contribution in [1.82, 2.24) is 4.90 Å². The van der Waals surface area contributed by atoms with E-state index in [1.165, 1.54) is 24.3 Å². The van der Waals surface area contributed by atoms with Gasteiger partial charge < -0.3 is 9.90 Å². The van der Waals surface area contributed by atoms with Crippen LogP contribution < -0.4 is 5.11 Å². The van der Waals surface area contributed by atoms with Crippen LogP contribution >= 0.6 is 35.6 Å². The summed E-state index contributed by atoms with van der Waals surface area (Å²) in [5.74, 6) is -2.29. The summed E-state index contributed by atoms with van der Waals surface area (Å²) in [5.41, 5.74) is 0.0968. The fourth-order valence-corrected chi connectivity index (χ4v) is 3.18. The fourth-order valence-electron chi connectivity index (χ4n) is 1.68.